The molecule has 0 bridgehead atoms. The molecule has 0 spiro atoms. The van der Waals surface area contributed by atoms with Crippen LogP contribution in [0, 0.1) is 12.3 Å². The summed E-state index contributed by atoms with van der Waals surface area (Å²) in [5.41, 5.74) is 0.453. The molecule has 7 heteroatoms. The van der Waals surface area contributed by atoms with Crippen LogP contribution in [0.1, 0.15) is 57.0 Å². The lowest BCUT2D eigenvalue weighted by molar-refractivity contribution is 0.0891. The van der Waals surface area contributed by atoms with Crippen molar-refractivity contribution >= 4 is 37.0 Å². The molecule has 0 aliphatic heterocycles. The fraction of sp³-hybridized carbons (Fsp3) is 0.643. The van der Waals surface area contributed by atoms with Gasteiger partial charge in [0.15, 0.2) is 0 Å². The summed E-state index contributed by atoms with van der Waals surface area (Å²) in [6.45, 7) is 11.8. The first kappa shape index (κ1) is 18.5. The van der Waals surface area contributed by atoms with Gasteiger partial charge in [0, 0.05) is 21.6 Å². The molecular weight excluding hydrogens is 330 g/mol. The molecule has 0 aromatic carbocycles. The van der Waals surface area contributed by atoms with Gasteiger partial charge in [-0.15, -0.1) is 11.3 Å². The Kier molecular flexibility index (Phi) is 5.18. The second-order valence-corrected chi connectivity index (χ2v) is 10.7. The Morgan fingerprint density at radius 3 is 2.19 bits per heavy atom. The number of thiophene rings is 1. The van der Waals surface area contributed by atoms with Gasteiger partial charge < -0.3 is 5.32 Å². The van der Waals surface area contributed by atoms with E-state index >= 15 is 0 Å². The van der Waals surface area contributed by atoms with E-state index in [1.165, 1.54) is 5.38 Å². The zero-order chi connectivity index (χ0) is 16.6. The zero-order valence-corrected chi connectivity index (χ0v) is 15.6. The number of hydrogen-bond donors (Lipinski definition) is 1. The van der Waals surface area contributed by atoms with E-state index in [4.69, 9.17) is 10.7 Å². The van der Waals surface area contributed by atoms with Crippen molar-refractivity contribution in [2.75, 3.05) is 0 Å². The van der Waals surface area contributed by atoms with Crippen LogP contribution < -0.4 is 5.32 Å². The van der Waals surface area contributed by atoms with Gasteiger partial charge in [-0.05, 0) is 38.2 Å². The predicted molar refractivity (Wildman–Crippen MR) is 87.7 cm³/mol. The molecule has 1 aromatic heterocycles. The Bertz CT molecular complexity index is 640. The summed E-state index contributed by atoms with van der Waals surface area (Å²) in [6.07, 6.45) is 0.801. The number of hydrogen-bond acceptors (Lipinski definition) is 4. The third-order valence-corrected chi connectivity index (χ3v) is 6.19. The van der Waals surface area contributed by atoms with Crippen LogP contribution in [0.3, 0.4) is 0 Å². The smallest absolute Gasteiger partial charge is 0.271 e. The molecule has 0 aliphatic carbocycles. The normalized spacial score (nSPS) is 13.3. The van der Waals surface area contributed by atoms with Crippen molar-refractivity contribution < 1.29 is 13.2 Å². The number of amides is 1. The molecule has 0 fully saturated rings. The molecule has 1 N–H and O–H groups in total. The average Bonchev–Trinajstić information content (AvgIpc) is 2.53. The summed E-state index contributed by atoms with van der Waals surface area (Å²) in [5, 5.41) is 4.50. The largest absolute Gasteiger partial charge is 0.347 e. The molecule has 1 amide bonds. The van der Waals surface area contributed by atoms with E-state index < -0.39 is 9.05 Å². The highest BCUT2D eigenvalue weighted by atomic mass is 35.7. The van der Waals surface area contributed by atoms with Gasteiger partial charge in [-0.2, -0.15) is 0 Å². The van der Waals surface area contributed by atoms with E-state index in [0.717, 1.165) is 17.8 Å². The van der Waals surface area contributed by atoms with Crippen molar-refractivity contribution in [2.24, 2.45) is 5.41 Å². The minimum atomic E-state index is -3.81. The molecule has 120 valence electrons. The van der Waals surface area contributed by atoms with Crippen LogP contribution in [0.5, 0.6) is 0 Å². The molecule has 1 rings (SSSR count). The number of nitrogens with one attached hydrogen (secondary N) is 1. The summed E-state index contributed by atoms with van der Waals surface area (Å²) in [6, 6.07) is 0. The summed E-state index contributed by atoms with van der Waals surface area (Å²) < 4.78 is 22.8. The lowest BCUT2D eigenvalue weighted by Gasteiger charge is -2.33. The molecule has 0 atom stereocenters. The van der Waals surface area contributed by atoms with Gasteiger partial charge in [0.25, 0.3) is 15.0 Å². The van der Waals surface area contributed by atoms with Gasteiger partial charge in [0.2, 0.25) is 0 Å². The van der Waals surface area contributed by atoms with Crippen molar-refractivity contribution in [2.45, 2.75) is 57.7 Å². The van der Waals surface area contributed by atoms with Gasteiger partial charge in [-0.1, -0.05) is 20.8 Å². The van der Waals surface area contributed by atoms with Gasteiger partial charge in [0.1, 0.15) is 4.21 Å². The maximum Gasteiger partial charge on any atom is 0.271 e. The van der Waals surface area contributed by atoms with Crippen LogP contribution in [-0.4, -0.2) is 19.9 Å². The standard InChI is InChI=1S/C14H22ClNO3S2/c1-9-10(7-20-12(9)21(15,18)19)11(17)16-14(5,6)8-13(2,3)4/h7H,8H2,1-6H3,(H,16,17). The predicted octanol–water partition coefficient (Wildman–Crippen LogP) is 3.93. The second kappa shape index (κ2) is 5.89. The van der Waals surface area contributed by atoms with Crippen LogP contribution >= 0.6 is 22.0 Å². The summed E-state index contributed by atoms with van der Waals surface area (Å²) in [4.78, 5) is 12.4. The SMILES string of the molecule is Cc1c(C(=O)NC(C)(C)CC(C)(C)C)csc1S(=O)(=O)Cl. The molecule has 0 saturated carbocycles. The van der Waals surface area contributed by atoms with Crippen molar-refractivity contribution in [3.63, 3.8) is 0 Å². The first-order valence-electron chi connectivity index (χ1n) is 6.58. The number of halogens is 1. The molecule has 0 radical (unpaired) electrons. The molecule has 4 nitrogen and oxygen atoms in total. The van der Waals surface area contributed by atoms with E-state index in [9.17, 15) is 13.2 Å². The summed E-state index contributed by atoms with van der Waals surface area (Å²) in [7, 11) is 1.55. The monoisotopic (exact) mass is 351 g/mol. The van der Waals surface area contributed by atoms with E-state index in [1.54, 1.807) is 6.92 Å². The maximum atomic E-state index is 12.4. The third-order valence-electron chi connectivity index (χ3n) is 2.88. The Morgan fingerprint density at radius 2 is 1.81 bits per heavy atom. The number of carbonyl (C=O) groups is 1. The van der Waals surface area contributed by atoms with Gasteiger partial charge in [0.05, 0.1) is 5.56 Å². The summed E-state index contributed by atoms with van der Waals surface area (Å²) in [5.74, 6) is -0.274. The Hall–Kier alpha value is -0.590. The van der Waals surface area contributed by atoms with Crippen molar-refractivity contribution in [3.05, 3.63) is 16.5 Å². The van der Waals surface area contributed by atoms with Crippen LogP contribution in [0.25, 0.3) is 0 Å². The van der Waals surface area contributed by atoms with Crippen molar-refractivity contribution in [3.8, 4) is 0 Å². The first-order valence-corrected chi connectivity index (χ1v) is 9.77. The fourth-order valence-electron chi connectivity index (χ4n) is 2.61. The van der Waals surface area contributed by atoms with Gasteiger partial charge in [-0.25, -0.2) is 8.42 Å². The Balaban J connectivity index is 2.99. The van der Waals surface area contributed by atoms with Crippen LogP contribution in [0.4, 0.5) is 0 Å². The lowest BCUT2D eigenvalue weighted by atomic mass is 9.81. The highest BCUT2D eigenvalue weighted by molar-refractivity contribution is 8.15. The second-order valence-electron chi connectivity index (χ2n) is 7.08. The average molecular weight is 352 g/mol. The number of rotatable bonds is 4. The topological polar surface area (TPSA) is 63.2 Å². The molecule has 0 unspecified atom stereocenters. The van der Waals surface area contributed by atoms with Crippen molar-refractivity contribution in [1.29, 1.82) is 0 Å². The Morgan fingerprint density at radius 1 is 1.29 bits per heavy atom. The Labute approximate surface area is 135 Å². The van der Waals surface area contributed by atoms with Crippen LogP contribution in [-0.2, 0) is 9.05 Å². The van der Waals surface area contributed by atoms with E-state index in [1.807, 2.05) is 13.8 Å². The maximum absolute atomic E-state index is 12.4. The van der Waals surface area contributed by atoms with Crippen LogP contribution in [0.15, 0.2) is 9.59 Å². The summed E-state index contributed by atoms with van der Waals surface area (Å²) >= 11 is 0.970. The van der Waals surface area contributed by atoms with Crippen LogP contribution in [0.2, 0.25) is 0 Å². The van der Waals surface area contributed by atoms with Gasteiger partial charge >= 0.3 is 0 Å². The molecule has 0 saturated heterocycles. The molecule has 1 aromatic rings. The molecule has 1 heterocycles. The molecular formula is C14H22ClNO3S2. The number of carbonyl (C=O) groups excluding carboxylic acids is 1. The fourth-order valence-corrected chi connectivity index (χ4v) is 5.16. The zero-order valence-electron chi connectivity index (χ0n) is 13.2. The van der Waals surface area contributed by atoms with E-state index in [-0.39, 0.29) is 21.1 Å². The van der Waals surface area contributed by atoms with E-state index in [0.29, 0.717) is 11.1 Å². The highest BCUT2D eigenvalue weighted by Gasteiger charge is 2.29. The minimum absolute atomic E-state index is 0.0305. The quantitative estimate of drug-likeness (QED) is 0.836. The highest BCUT2D eigenvalue weighted by Crippen LogP contribution is 2.31. The first-order chi connectivity index (χ1) is 9.23. The minimum Gasteiger partial charge on any atom is -0.347 e. The van der Waals surface area contributed by atoms with Gasteiger partial charge in [-0.3, -0.25) is 4.79 Å². The molecule has 0 aliphatic rings. The molecule has 21 heavy (non-hydrogen) atoms. The third kappa shape index (κ3) is 5.27. The lowest BCUT2D eigenvalue weighted by Crippen LogP contribution is -2.45. The van der Waals surface area contributed by atoms with E-state index in [2.05, 4.69) is 26.1 Å². The van der Waals surface area contributed by atoms with Crippen molar-refractivity contribution in [1.82, 2.24) is 5.32 Å².